The summed E-state index contributed by atoms with van der Waals surface area (Å²) in [7, 11) is -0.541. The molecule has 240 valence electrons. The summed E-state index contributed by atoms with van der Waals surface area (Å²) < 4.78 is 80.3. The lowest BCUT2D eigenvalue weighted by atomic mass is 9.81. The van der Waals surface area contributed by atoms with Gasteiger partial charge in [-0.2, -0.15) is 0 Å². The summed E-state index contributed by atoms with van der Waals surface area (Å²) >= 11 is 7.34. The Morgan fingerprint density at radius 2 is 1.71 bits per heavy atom. The zero-order valence-electron chi connectivity index (χ0n) is 25.3. The molecule has 1 fully saturated rings. The van der Waals surface area contributed by atoms with Gasteiger partial charge in [0.15, 0.2) is 5.16 Å². The number of imidazole rings is 1. The molecular formula is C32H35ClF3N4O3S2+. The number of nitrogens with zero attached hydrogens (tertiary/aromatic N) is 2. The first-order valence-electron chi connectivity index (χ1n) is 14.4. The Hall–Kier alpha value is -3.03. The highest BCUT2D eigenvalue weighted by Gasteiger charge is 2.31. The maximum Gasteiger partial charge on any atom is 0.241 e. The fourth-order valence-electron chi connectivity index (χ4n) is 5.44. The molecule has 0 bridgehead atoms. The van der Waals surface area contributed by atoms with Crippen LogP contribution in [-0.4, -0.2) is 51.3 Å². The third kappa shape index (κ3) is 7.20. The van der Waals surface area contributed by atoms with Crippen LogP contribution in [-0.2, 0) is 21.2 Å². The van der Waals surface area contributed by atoms with E-state index in [2.05, 4.69) is 9.71 Å². The summed E-state index contributed by atoms with van der Waals surface area (Å²) in [6.07, 6.45) is 2.97. The van der Waals surface area contributed by atoms with Gasteiger partial charge in [0.2, 0.25) is 10.0 Å². The van der Waals surface area contributed by atoms with Gasteiger partial charge >= 0.3 is 0 Å². The molecule has 3 aromatic carbocycles. The van der Waals surface area contributed by atoms with Crippen LogP contribution in [0, 0.1) is 17.5 Å². The van der Waals surface area contributed by atoms with Crippen molar-refractivity contribution in [2.75, 3.05) is 27.2 Å². The van der Waals surface area contributed by atoms with E-state index >= 15 is 8.78 Å². The first-order chi connectivity index (χ1) is 21.3. The number of nitrogens with one attached hydrogen (secondary N) is 2. The van der Waals surface area contributed by atoms with Crippen LogP contribution in [0.25, 0.3) is 5.69 Å². The Labute approximate surface area is 270 Å². The van der Waals surface area contributed by atoms with Gasteiger partial charge < -0.3 is 9.64 Å². The number of likely N-dealkylation sites (tertiary alicyclic amines) is 1. The number of rotatable bonds is 10. The van der Waals surface area contributed by atoms with Crippen molar-refractivity contribution in [3.05, 3.63) is 100 Å². The number of quaternary nitrogens is 1. The first kappa shape index (κ1) is 33.3. The van der Waals surface area contributed by atoms with Gasteiger partial charge in [0, 0.05) is 41.3 Å². The molecule has 13 heteroatoms. The van der Waals surface area contributed by atoms with Crippen molar-refractivity contribution in [3.63, 3.8) is 0 Å². The standard InChI is InChI=1S/C32H34ClF3N4O3S2/c1-32(2,20-5-10-26(33)29(15-20)43-4)30-18-37-31(40(30)23-8-6-21(34)7-9-23)44-19-25-27(35)16-24(17-28(25)36)45(41,42)38-22-11-13-39(3)14-12-22/h5-10,15-18,22,38H,11-14,19H2,1-4H3/p+1. The molecule has 0 saturated carbocycles. The van der Waals surface area contributed by atoms with Gasteiger partial charge in [0.05, 0.1) is 49.1 Å². The smallest absolute Gasteiger partial charge is 0.241 e. The number of sulfonamides is 1. The molecule has 1 saturated heterocycles. The number of methoxy groups -OCH3 is 1. The largest absolute Gasteiger partial charge is 0.495 e. The minimum atomic E-state index is -4.11. The number of piperidine rings is 1. The van der Waals surface area contributed by atoms with Crippen molar-refractivity contribution in [1.29, 1.82) is 0 Å². The van der Waals surface area contributed by atoms with Gasteiger partial charge in [0.1, 0.15) is 23.2 Å². The van der Waals surface area contributed by atoms with Gasteiger partial charge in [-0.25, -0.2) is 31.3 Å². The quantitative estimate of drug-likeness (QED) is 0.216. The maximum absolute atomic E-state index is 15.3. The number of thioether (sulfide) groups is 1. The summed E-state index contributed by atoms with van der Waals surface area (Å²) in [5.74, 6) is -2.02. The zero-order valence-corrected chi connectivity index (χ0v) is 27.7. The highest BCUT2D eigenvalue weighted by Crippen LogP contribution is 2.39. The van der Waals surface area contributed by atoms with Crippen LogP contribution in [0.4, 0.5) is 13.2 Å². The summed E-state index contributed by atoms with van der Waals surface area (Å²) in [6, 6.07) is 12.7. The molecule has 0 amide bonds. The first-order valence-corrected chi connectivity index (χ1v) is 17.3. The minimum absolute atomic E-state index is 0.171. The van der Waals surface area contributed by atoms with E-state index in [1.807, 2.05) is 37.6 Å². The molecule has 0 aliphatic carbocycles. The Morgan fingerprint density at radius 1 is 1.07 bits per heavy atom. The van der Waals surface area contributed by atoms with Crippen LogP contribution in [0.3, 0.4) is 0 Å². The van der Waals surface area contributed by atoms with Crippen molar-refractivity contribution in [2.24, 2.45) is 0 Å². The predicted octanol–water partition coefficient (Wildman–Crippen LogP) is 5.53. The van der Waals surface area contributed by atoms with E-state index in [0.717, 1.165) is 48.2 Å². The highest BCUT2D eigenvalue weighted by atomic mass is 35.5. The van der Waals surface area contributed by atoms with E-state index in [4.69, 9.17) is 16.3 Å². The van der Waals surface area contributed by atoms with Crippen molar-refractivity contribution < 1.29 is 31.2 Å². The number of benzene rings is 3. The third-order valence-corrected chi connectivity index (χ3v) is 11.1. The minimum Gasteiger partial charge on any atom is -0.495 e. The van der Waals surface area contributed by atoms with Crippen LogP contribution in [0.1, 0.15) is 43.5 Å². The van der Waals surface area contributed by atoms with Crippen molar-refractivity contribution in [3.8, 4) is 11.4 Å². The second kappa shape index (κ2) is 13.4. The molecular weight excluding hydrogens is 645 g/mol. The lowest BCUT2D eigenvalue weighted by Crippen LogP contribution is -3.10. The monoisotopic (exact) mass is 679 g/mol. The topological polar surface area (TPSA) is 77.7 Å². The fraction of sp³-hybridized carbons (Fsp3) is 0.344. The van der Waals surface area contributed by atoms with Crippen LogP contribution in [0.5, 0.6) is 5.75 Å². The van der Waals surface area contributed by atoms with Crippen LogP contribution < -0.4 is 14.4 Å². The molecule has 2 N–H and O–H groups in total. The van der Waals surface area contributed by atoms with E-state index < -0.39 is 37.8 Å². The van der Waals surface area contributed by atoms with E-state index in [1.54, 1.807) is 24.4 Å². The van der Waals surface area contributed by atoms with E-state index in [9.17, 15) is 12.8 Å². The van der Waals surface area contributed by atoms with E-state index in [-0.39, 0.29) is 17.4 Å². The van der Waals surface area contributed by atoms with Gasteiger partial charge in [-0.15, -0.1) is 0 Å². The van der Waals surface area contributed by atoms with E-state index in [0.29, 0.717) is 34.5 Å². The Kier molecular flexibility index (Phi) is 9.90. The lowest BCUT2D eigenvalue weighted by molar-refractivity contribution is -0.884. The molecule has 0 unspecified atom stereocenters. The van der Waals surface area contributed by atoms with Crippen molar-refractivity contribution >= 4 is 33.4 Å². The maximum atomic E-state index is 15.3. The summed E-state index contributed by atoms with van der Waals surface area (Å²) in [4.78, 5) is 5.45. The number of aromatic nitrogens is 2. The van der Waals surface area contributed by atoms with Gasteiger partial charge in [-0.05, 0) is 54.1 Å². The molecule has 1 aliphatic heterocycles. The average Bonchev–Trinajstić information content (AvgIpc) is 3.43. The molecule has 1 aromatic heterocycles. The molecule has 0 atom stereocenters. The fourth-order valence-corrected chi connectivity index (χ4v) is 7.97. The molecule has 0 radical (unpaired) electrons. The molecule has 45 heavy (non-hydrogen) atoms. The highest BCUT2D eigenvalue weighted by molar-refractivity contribution is 7.98. The zero-order chi connectivity index (χ0) is 32.5. The summed E-state index contributed by atoms with van der Waals surface area (Å²) in [5, 5.41) is 0.869. The normalized spacial score (nSPS) is 17.4. The van der Waals surface area contributed by atoms with Crippen LogP contribution >= 0.6 is 23.4 Å². The number of hydrogen-bond donors (Lipinski definition) is 2. The number of halogens is 4. The van der Waals surface area contributed by atoms with Crippen molar-refractivity contribution in [2.45, 2.75) is 54.0 Å². The number of hydrogen-bond acceptors (Lipinski definition) is 5. The Morgan fingerprint density at radius 3 is 2.33 bits per heavy atom. The van der Waals surface area contributed by atoms with Crippen LogP contribution in [0.15, 0.2) is 70.8 Å². The van der Waals surface area contributed by atoms with Crippen molar-refractivity contribution in [1.82, 2.24) is 14.3 Å². The van der Waals surface area contributed by atoms with E-state index in [1.165, 1.54) is 24.1 Å². The molecule has 7 nitrogen and oxygen atoms in total. The Bertz CT molecular complexity index is 1770. The molecule has 2 heterocycles. The molecule has 1 aliphatic rings. The molecule has 5 rings (SSSR count). The van der Waals surface area contributed by atoms with Gasteiger partial charge in [-0.1, -0.05) is 43.3 Å². The lowest BCUT2D eigenvalue weighted by Gasteiger charge is -2.28. The molecule has 0 spiro atoms. The number of ether oxygens (including phenoxy) is 1. The predicted molar refractivity (Wildman–Crippen MR) is 170 cm³/mol. The van der Waals surface area contributed by atoms with Gasteiger partial charge in [-0.3, -0.25) is 4.57 Å². The van der Waals surface area contributed by atoms with Gasteiger partial charge in [0.25, 0.3) is 0 Å². The van der Waals surface area contributed by atoms with Crippen LogP contribution in [0.2, 0.25) is 5.02 Å². The second-order valence-corrected chi connectivity index (χ2v) is 14.8. The second-order valence-electron chi connectivity index (χ2n) is 11.7. The summed E-state index contributed by atoms with van der Waals surface area (Å²) in [5.41, 5.74) is 1.26. The average molecular weight is 680 g/mol. The third-order valence-electron chi connectivity index (χ3n) is 8.26. The SMILES string of the molecule is COc1cc(C(C)(C)c2cnc(SCc3c(F)cc(S(=O)(=O)NC4CC[NH+](C)CC4)cc3F)n2-c2ccc(F)cc2)ccc1Cl. The molecule has 4 aromatic rings. The summed E-state index contributed by atoms with van der Waals surface area (Å²) in [6.45, 7) is 5.60. The Balaban J connectivity index is 1.45.